The Morgan fingerprint density at radius 2 is 1.69 bits per heavy atom. The summed E-state index contributed by atoms with van der Waals surface area (Å²) in [6.45, 7) is -0.411. The number of benzene rings is 2. The fraction of sp³-hybridized carbons (Fsp3) is 0.229. The maximum Gasteiger partial charge on any atom is 0.323 e. The molecular formula is C35H26N2O3S5. The molecule has 4 unspecified atom stereocenters. The van der Waals surface area contributed by atoms with Gasteiger partial charge in [0, 0.05) is 52.2 Å². The second-order valence-electron chi connectivity index (χ2n) is 12.1. The summed E-state index contributed by atoms with van der Waals surface area (Å²) in [7, 11) is 0. The van der Waals surface area contributed by atoms with Crippen LogP contribution in [0.3, 0.4) is 0 Å². The number of anilines is 2. The Morgan fingerprint density at radius 3 is 2.51 bits per heavy atom. The van der Waals surface area contributed by atoms with Gasteiger partial charge < -0.3 is 10.0 Å². The third-order valence-corrected chi connectivity index (χ3v) is 14.6. The van der Waals surface area contributed by atoms with Gasteiger partial charge in [-0.05, 0) is 96.8 Å². The van der Waals surface area contributed by atoms with Crippen molar-refractivity contribution in [3.05, 3.63) is 88.1 Å². The van der Waals surface area contributed by atoms with Crippen molar-refractivity contribution in [3.63, 3.8) is 0 Å². The summed E-state index contributed by atoms with van der Waals surface area (Å²) in [5, 5.41) is 9.10. The quantitative estimate of drug-likeness (QED) is 0.142. The summed E-state index contributed by atoms with van der Waals surface area (Å²) >= 11 is 11.7. The highest BCUT2D eigenvalue weighted by Gasteiger charge is 2.55. The number of fused-ring (bicyclic) bond motifs is 8. The Hall–Kier alpha value is -3.28. The first kappa shape index (κ1) is 28.0. The Kier molecular flexibility index (Phi) is 6.61. The fourth-order valence-corrected chi connectivity index (χ4v) is 12.6. The van der Waals surface area contributed by atoms with Crippen LogP contribution >= 0.6 is 58.0 Å². The molecule has 0 spiro atoms. The van der Waals surface area contributed by atoms with E-state index < -0.39 is 12.5 Å². The number of aliphatic carboxylic acids is 1. The van der Waals surface area contributed by atoms with Gasteiger partial charge in [0.05, 0.1) is 4.91 Å². The SMILES string of the molecule is O=C(O)CN1C(=O)/C(=C/c2ccc(-c3cc4sc(-c5ccc6c(c5)C5C7CCC(C7)C5N6c5ccccc5)cc4s3)s2)SC1=S. The predicted molar refractivity (Wildman–Crippen MR) is 192 cm³/mol. The summed E-state index contributed by atoms with van der Waals surface area (Å²) in [5.41, 5.74) is 5.58. The van der Waals surface area contributed by atoms with Crippen LogP contribution in [0.2, 0.25) is 0 Å². The lowest BCUT2D eigenvalue weighted by Gasteiger charge is -2.33. The third kappa shape index (κ3) is 4.56. The van der Waals surface area contributed by atoms with Crippen LogP contribution in [0.5, 0.6) is 0 Å². The summed E-state index contributed by atoms with van der Waals surface area (Å²) in [5.74, 6) is 0.795. The lowest BCUT2D eigenvalue weighted by atomic mass is 9.82. The molecule has 45 heavy (non-hydrogen) atoms. The molecule has 5 nitrogen and oxygen atoms in total. The van der Waals surface area contributed by atoms with E-state index in [1.165, 1.54) is 60.9 Å². The van der Waals surface area contributed by atoms with Crippen molar-refractivity contribution in [2.45, 2.75) is 31.2 Å². The molecule has 2 saturated carbocycles. The van der Waals surface area contributed by atoms with E-state index in [4.69, 9.17) is 17.3 Å². The second-order valence-corrected chi connectivity index (χ2v) is 17.1. The van der Waals surface area contributed by atoms with E-state index in [2.05, 4.69) is 71.6 Å². The van der Waals surface area contributed by atoms with Crippen LogP contribution in [0.25, 0.3) is 35.7 Å². The molecule has 9 rings (SSSR count). The molecule has 1 N–H and O–H groups in total. The average molecular weight is 683 g/mol. The van der Waals surface area contributed by atoms with Crippen LogP contribution in [-0.2, 0) is 9.59 Å². The number of hydrogen-bond donors (Lipinski definition) is 1. The normalized spacial score (nSPS) is 24.4. The van der Waals surface area contributed by atoms with Crippen LogP contribution in [0.15, 0.2) is 77.7 Å². The van der Waals surface area contributed by atoms with Crippen LogP contribution in [0.4, 0.5) is 11.4 Å². The molecule has 2 aromatic carbocycles. The highest BCUT2D eigenvalue weighted by Crippen LogP contribution is 2.62. The van der Waals surface area contributed by atoms with Crippen LogP contribution in [0.1, 0.15) is 35.6 Å². The minimum absolute atomic E-state index is 0.284. The zero-order valence-corrected chi connectivity index (χ0v) is 27.9. The van der Waals surface area contributed by atoms with E-state index >= 15 is 0 Å². The van der Waals surface area contributed by atoms with Crippen LogP contribution < -0.4 is 4.90 Å². The van der Waals surface area contributed by atoms with Crippen molar-refractivity contribution in [2.75, 3.05) is 11.4 Å². The first-order chi connectivity index (χ1) is 21.9. The van der Waals surface area contributed by atoms with Gasteiger partial charge in [-0.3, -0.25) is 14.5 Å². The number of carbonyl (C=O) groups excluding carboxylic acids is 1. The van der Waals surface area contributed by atoms with Crippen molar-refractivity contribution in [1.29, 1.82) is 0 Å². The van der Waals surface area contributed by atoms with Gasteiger partial charge in [-0.2, -0.15) is 0 Å². The van der Waals surface area contributed by atoms with Crippen molar-refractivity contribution in [3.8, 4) is 20.2 Å². The number of nitrogens with zero attached hydrogens (tertiary/aromatic N) is 2. The molecule has 4 atom stereocenters. The molecule has 224 valence electrons. The first-order valence-corrected chi connectivity index (χ1v) is 18.7. The molecule has 2 aliphatic carbocycles. The standard InChI is InChI=1S/C35H26N2O3S5/c38-31(39)17-36-34(40)30(45-35(36)41)14-22-9-11-25(42-22)27-16-29-28(44-27)15-26(43-29)18-8-10-24-23(13-18)32-19-6-7-20(12-19)33(32)37(24)21-4-2-1-3-5-21/h1-5,8-11,13-16,19-20,32-33H,6-7,12,17H2,(H,38,39)/b30-14-. The van der Waals surface area contributed by atoms with Gasteiger partial charge in [-0.25, -0.2) is 0 Å². The van der Waals surface area contributed by atoms with Crippen molar-refractivity contribution in [2.24, 2.45) is 11.8 Å². The summed E-state index contributed by atoms with van der Waals surface area (Å²) in [6, 6.07) is 27.5. The maximum atomic E-state index is 12.7. The van der Waals surface area contributed by atoms with Gasteiger partial charge in [0.25, 0.3) is 5.91 Å². The van der Waals surface area contributed by atoms with E-state index in [9.17, 15) is 9.59 Å². The minimum atomic E-state index is -1.08. The molecule has 1 amide bonds. The molecule has 3 fully saturated rings. The van der Waals surface area contributed by atoms with Crippen molar-refractivity contribution < 1.29 is 14.7 Å². The molecular weight excluding hydrogens is 657 g/mol. The Morgan fingerprint density at radius 1 is 0.911 bits per heavy atom. The number of rotatable bonds is 6. The Balaban J connectivity index is 0.991. The molecule has 0 radical (unpaired) electrons. The number of para-hydroxylation sites is 1. The van der Waals surface area contributed by atoms with Crippen molar-refractivity contribution >= 4 is 101 Å². The van der Waals surface area contributed by atoms with Crippen LogP contribution in [-0.4, -0.2) is 38.8 Å². The maximum absolute atomic E-state index is 12.7. The molecule has 1 saturated heterocycles. The van der Waals surface area contributed by atoms with E-state index in [0.29, 0.717) is 16.9 Å². The van der Waals surface area contributed by atoms with E-state index in [1.807, 2.05) is 23.5 Å². The number of carboxylic acids is 1. The highest BCUT2D eigenvalue weighted by molar-refractivity contribution is 8.26. The van der Waals surface area contributed by atoms with E-state index in [1.54, 1.807) is 22.7 Å². The Bertz CT molecular complexity index is 2040. The number of hydrogen-bond acceptors (Lipinski definition) is 8. The fourth-order valence-electron chi connectivity index (χ4n) is 7.89. The highest BCUT2D eigenvalue weighted by atomic mass is 32.2. The van der Waals surface area contributed by atoms with Gasteiger partial charge in [0.2, 0.25) is 0 Å². The molecule has 2 aliphatic heterocycles. The molecule has 3 aromatic heterocycles. The van der Waals surface area contributed by atoms with Gasteiger partial charge in [-0.1, -0.05) is 48.2 Å². The smallest absolute Gasteiger partial charge is 0.323 e. The van der Waals surface area contributed by atoms with Gasteiger partial charge in [0.15, 0.2) is 0 Å². The summed E-state index contributed by atoms with van der Waals surface area (Å²) < 4.78 is 2.87. The Labute approximate surface area is 281 Å². The zero-order valence-electron chi connectivity index (χ0n) is 23.8. The monoisotopic (exact) mass is 682 g/mol. The predicted octanol–water partition coefficient (Wildman–Crippen LogP) is 9.68. The largest absolute Gasteiger partial charge is 0.480 e. The molecule has 5 heterocycles. The molecule has 5 aromatic rings. The molecule has 4 aliphatic rings. The lowest BCUT2D eigenvalue weighted by molar-refractivity contribution is -0.140. The van der Waals surface area contributed by atoms with Crippen molar-refractivity contribution in [1.82, 2.24) is 4.90 Å². The summed E-state index contributed by atoms with van der Waals surface area (Å²) in [4.78, 5) is 32.7. The van der Waals surface area contributed by atoms with Crippen LogP contribution in [0, 0.1) is 11.8 Å². The number of thiophene rings is 3. The lowest BCUT2D eigenvalue weighted by Crippen LogP contribution is -2.35. The van der Waals surface area contributed by atoms with Gasteiger partial charge >= 0.3 is 5.97 Å². The van der Waals surface area contributed by atoms with Gasteiger partial charge in [-0.15, -0.1) is 34.0 Å². The number of thioether (sulfide) groups is 1. The first-order valence-electron chi connectivity index (χ1n) is 15.0. The zero-order chi connectivity index (χ0) is 30.4. The summed E-state index contributed by atoms with van der Waals surface area (Å²) in [6.07, 6.45) is 5.91. The van der Waals surface area contributed by atoms with E-state index in [-0.39, 0.29) is 10.2 Å². The molecule has 10 heteroatoms. The third-order valence-electron chi connectivity index (χ3n) is 9.65. The number of amides is 1. The van der Waals surface area contributed by atoms with E-state index in [0.717, 1.165) is 38.3 Å². The number of thiocarbonyl (C=S) groups is 1. The second kappa shape index (κ2) is 10.6. The topological polar surface area (TPSA) is 60.9 Å². The number of carbonyl (C=O) groups is 2. The number of carboxylic acid groups (broad SMARTS) is 1. The minimum Gasteiger partial charge on any atom is -0.480 e. The van der Waals surface area contributed by atoms with Gasteiger partial charge in [0.1, 0.15) is 10.9 Å². The average Bonchev–Trinajstić information content (AvgIpc) is 3.88. The molecule has 2 bridgehead atoms.